The van der Waals surface area contributed by atoms with Crippen LogP contribution in [-0.2, 0) is 9.53 Å². The maximum absolute atomic E-state index is 13.0. The summed E-state index contributed by atoms with van der Waals surface area (Å²) in [4.78, 5) is 29.4. The molecule has 2 saturated heterocycles. The van der Waals surface area contributed by atoms with Crippen LogP contribution >= 0.6 is 0 Å². The molecule has 0 spiro atoms. The van der Waals surface area contributed by atoms with Gasteiger partial charge >= 0.3 is 0 Å². The quantitative estimate of drug-likeness (QED) is 0.863. The van der Waals surface area contributed by atoms with Gasteiger partial charge in [-0.1, -0.05) is 32.9 Å². The van der Waals surface area contributed by atoms with Crippen LogP contribution in [0.15, 0.2) is 24.3 Å². The third-order valence-corrected chi connectivity index (χ3v) is 5.32. The summed E-state index contributed by atoms with van der Waals surface area (Å²) < 4.78 is 5.37. The van der Waals surface area contributed by atoms with Crippen LogP contribution in [0.25, 0.3) is 0 Å². The smallest absolute Gasteiger partial charge is 0.256 e. The molecule has 0 aliphatic carbocycles. The van der Waals surface area contributed by atoms with Crippen LogP contribution in [0.4, 0.5) is 5.69 Å². The van der Waals surface area contributed by atoms with Crippen molar-refractivity contribution in [2.75, 3.05) is 44.3 Å². The number of hydrogen-bond acceptors (Lipinski definition) is 4. The molecule has 2 fully saturated rings. The molecule has 6 heteroatoms. The summed E-state index contributed by atoms with van der Waals surface area (Å²) in [7, 11) is 0. The van der Waals surface area contributed by atoms with Gasteiger partial charge in [0.15, 0.2) is 0 Å². The van der Waals surface area contributed by atoms with Crippen molar-refractivity contribution in [3.8, 4) is 0 Å². The van der Waals surface area contributed by atoms with Crippen molar-refractivity contribution >= 4 is 17.5 Å². The molecular formula is C22H33N3O3. The SMILES string of the molecule is CC(C)(C)CC(=O)NC1CCN(c2ccccc2C(=O)N2CCOCC2)CC1. The van der Waals surface area contributed by atoms with Gasteiger partial charge in [0.25, 0.3) is 5.91 Å². The minimum atomic E-state index is 0.00355. The number of hydrogen-bond donors (Lipinski definition) is 1. The van der Waals surface area contributed by atoms with E-state index in [0.717, 1.165) is 37.2 Å². The maximum Gasteiger partial charge on any atom is 0.256 e. The molecule has 1 aromatic rings. The van der Waals surface area contributed by atoms with Gasteiger partial charge in [-0.2, -0.15) is 0 Å². The van der Waals surface area contributed by atoms with Crippen molar-refractivity contribution in [3.05, 3.63) is 29.8 Å². The molecule has 0 bridgehead atoms. The van der Waals surface area contributed by atoms with Gasteiger partial charge in [-0.3, -0.25) is 9.59 Å². The maximum atomic E-state index is 13.0. The molecule has 0 atom stereocenters. The van der Waals surface area contributed by atoms with Crippen molar-refractivity contribution in [3.63, 3.8) is 0 Å². The Balaban J connectivity index is 1.60. The lowest BCUT2D eigenvalue weighted by molar-refractivity contribution is -0.123. The minimum Gasteiger partial charge on any atom is -0.378 e. The molecule has 154 valence electrons. The van der Waals surface area contributed by atoms with E-state index in [0.29, 0.717) is 32.7 Å². The Labute approximate surface area is 168 Å². The van der Waals surface area contributed by atoms with Crippen LogP contribution in [0.2, 0.25) is 0 Å². The standard InChI is InChI=1S/C22H33N3O3/c1-22(2,3)16-20(26)23-17-8-10-24(11-9-17)19-7-5-4-6-18(19)21(27)25-12-14-28-15-13-25/h4-7,17H,8-16H2,1-3H3,(H,23,26). The Morgan fingerprint density at radius 1 is 1.07 bits per heavy atom. The van der Waals surface area contributed by atoms with Crippen LogP contribution in [0.1, 0.15) is 50.4 Å². The van der Waals surface area contributed by atoms with Crippen LogP contribution in [0.5, 0.6) is 0 Å². The monoisotopic (exact) mass is 387 g/mol. The third kappa shape index (κ3) is 5.47. The highest BCUT2D eigenvalue weighted by Crippen LogP contribution is 2.26. The largest absolute Gasteiger partial charge is 0.378 e. The van der Waals surface area contributed by atoms with Gasteiger partial charge < -0.3 is 19.9 Å². The van der Waals surface area contributed by atoms with Crippen LogP contribution in [-0.4, -0.2) is 62.1 Å². The number of ether oxygens (including phenoxy) is 1. The molecule has 0 radical (unpaired) electrons. The predicted molar refractivity (Wildman–Crippen MR) is 111 cm³/mol. The van der Waals surface area contributed by atoms with Gasteiger partial charge in [0.2, 0.25) is 5.91 Å². The highest BCUT2D eigenvalue weighted by molar-refractivity contribution is 6.00. The zero-order valence-corrected chi connectivity index (χ0v) is 17.4. The first-order valence-corrected chi connectivity index (χ1v) is 10.3. The molecule has 3 rings (SSSR count). The Kier molecular flexibility index (Phi) is 6.60. The van der Waals surface area contributed by atoms with E-state index in [1.165, 1.54) is 0 Å². The fourth-order valence-electron chi connectivity index (χ4n) is 3.89. The van der Waals surface area contributed by atoms with Gasteiger partial charge in [0.1, 0.15) is 0 Å². The second-order valence-electron chi connectivity index (χ2n) is 8.99. The molecule has 0 aromatic heterocycles. The van der Waals surface area contributed by atoms with E-state index in [-0.39, 0.29) is 23.3 Å². The number of morpholine rings is 1. The number of nitrogens with zero attached hydrogens (tertiary/aromatic N) is 2. The number of piperidine rings is 1. The molecule has 2 amide bonds. The molecule has 2 heterocycles. The molecule has 0 unspecified atom stereocenters. The number of carbonyl (C=O) groups excluding carboxylic acids is 2. The topological polar surface area (TPSA) is 61.9 Å². The number of carbonyl (C=O) groups is 2. The minimum absolute atomic E-state index is 0.00355. The molecule has 1 N–H and O–H groups in total. The Hall–Kier alpha value is -2.08. The zero-order valence-electron chi connectivity index (χ0n) is 17.4. The molecule has 1 aromatic carbocycles. The molecule has 2 aliphatic rings. The first kappa shape index (κ1) is 20.6. The number of rotatable bonds is 4. The summed E-state index contributed by atoms with van der Waals surface area (Å²) >= 11 is 0. The fourth-order valence-corrected chi connectivity index (χ4v) is 3.89. The van der Waals surface area contributed by atoms with Crippen molar-refractivity contribution in [1.29, 1.82) is 0 Å². The number of amides is 2. The van der Waals surface area contributed by atoms with E-state index in [1.54, 1.807) is 0 Å². The number of para-hydroxylation sites is 1. The summed E-state index contributed by atoms with van der Waals surface area (Å²) in [5.74, 6) is 0.216. The summed E-state index contributed by atoms with van der Waals surface area (Å²) in [5, 5.41) is 3.18. The van der Waals surface area contributed by atoms with Crippen LogP contribution in [0, 0.1) is 5.41 Å². The van der Waals surface area contributed by atoms with Gasteiger partial charge in [-0.05, 0) is 30.4 Å². The average Bonchev–Trinajstić information content (AvgIpc) is 2.67. The molecule has 0 saturated carbocycles. The zero-order chi connectivity index (χ0) is 20.1. The van der Waals surface area contributed by atoms with E-state index in [1.807, 2.05) is 29.2 Å². The summed E-state index contributed by atoms with van der Waals surface area (Å²) in [6.07, 6.45) is 2.34. The lowest BCUT2D eigenvalue weighted by Gasteiger charge is -2.36. The Bertz CT molecular complexity index is 685. The van der Waals surface area contributed by atoms with E-state index < -0.39 is 0 Å². The lowest BCUT2D eigenvalue weighted by atomic mass is 9.91. The third-order valence-electron chi connectivity index (χ3n) is 5.32. The second-order valence-corrected chi connectivity index (χ2v) is 8.99. The van der Waals surface area contributed by atoms with Crippen molar-refractivity contribution in [2.24, 2.45) is 5.41 Å². The van der Waals surface area contributed by atoms with E-state index >= 15 is 0 Å². The van der Waals surface area contributed by atoms with E-state index in [4.69, 9.17) is 4.74 Å². The normalized spacial score (nSPS) is 18.8. The second kappa shape index (κ2) is 8.95. The summed E-state index contributed by atoms with van der Waals surface area (Å²) in [5.41, 5.74) is 1.77. The molecule has 28 heavy (non-hydrogen) atoms. The first-order valence-electron chi connectivity index (χ1n) is 10.3. The average molecular weight is 388 g/mol. The number of anilines is 1. The number of benzene rings is 1. The van der Waals surface area contributed by atoms with Crippen molar-refractivity contribution in [2.45, 2.75) is 46.1 Å². The molecular weight excluding hydrogens is 354 g/mol. The van der Waals surface area contributed by atoms with Gasteiger partial charge in [0, 0.05) is 44.3 Å². The highest BCUT2D eigenvalue weighted by Gasteiger charge is 2.27. The molecule has 2 aliphatic heterocycles. The summed E-state index contributed by atoms with van der Waals surface area (Å²) in [6.45, 7) is 10.4. The van der Waals surface area contributed by atoms with Crippen LogP contribution < -0.4 is 10.2 Å². The van der Waals surface area contributed by atoms with E-state index in [2.05, 4.69) is 31.0 Å². The Morgan fingerprint density at radius 2 is 1.71 bits per heavy atom. The predicted octanol–water partition coefficient (Wildman–Crippen LogP) is 2.68. The van der Waals surface area contributed by atoms with Gasteiger partial charge in [0.05, 0.1) is 18.8 Å². The Morgan fingerprint density at radius 3 is 2.36 bits per heavy atom. The van der Waals surface area contributed by atoms with Crippen molar-refractivity contribution < 1.29 is 14.3 Å². The van der Waals surface area contributed by atoms with E-state index in [9.17, 15) is 9.59 Å². The lowest BCUT2D eigenvalue weighted by Crippen LogP contribution is -2.46. The first-order chi connectivity index (χ1) is 13.3. The summed E-state index contributed by atoms with van der Waals surface area (Å²) in [6, 6.07) is 8.09. The van der Waals surface area contributed by atoms with Crippen LogP contribution in [0.3, 0.4) is 0 Å². The number of nitrogens with one attached hydrogen (secondary N) is 1. The van der Waals surface area contributed by atoms with Gasteiger partial charge in [-0.25, -0.2) is 0 Å². The fraction of sp³-hybridized carbons (Fsp3) is 0.636. The van der Waals surface area contributed by atoms with Gasteiger partial charge in [-0.15, -0.1) is 0 Å². The molecule has 6 nitrogen and oxygen atoms in total. The van der Waals surface area contributed by atoms with Crippen molar-refractivity contribution in [1.82, 2.24) is 10.2 Å². The highest BCUT2D eigenvalue weighted by atomic mass is 16.5.